The highest BCUT2D eigenvalue weighted by Gasteiger charge is 2.32. The minimum absolute atomic E-state index is 0.0983. The first-order valence-electron chi connectivity index (χ1n) is 6.71. The van der Waals surface area contributed by atoms with Gasteiger partial charge in [0.05, 0.1) is 5.54 Å². The molecule has 1 aliphatic rings. The summed E-state index contributed by atoms with van der Waals surface area (Å²) in [6.07, 6.45) is 5.54. The number of nitrogens with one attached hydrogen (secondary N) is 1. The summed E-state index contributed by atoms with van der Waals surface area (Å²) in [5.74, 6) is -0.402. The molecule has 0 heterocycles. The van der Waals surface area contributed by atoms with Gasteiger partial charge in [-0.15, -0.1) is 0 Å². The molecule has 1 saturated carbocycles. The van der Waals surface area contributed by atoms with Crippen molar-refractivity contribution in [1.82, 2.24) is 5.32 Å². The molecule has 0 aromatic heterocycles. The minimum Gasteiger partial charge on any atom is -0.346 e. The maximum atomic E-state index is 13.1. The molecule has 4 heteroatoms. The van der Waals surface area contributed by atoms with E-state index in [1.54, 1.807) is 13.0 Å². The van der Waals surface area contributed by atoms with Crippen LogP contribution in [-0.2, 0) is 0 Å². The van der Waals surface area contributed by atoms with Crippen LogP contribution in [0.2, 0.25) is 0 Å². The van der Waals surface area contributed by atoms with E-state index in [2.05, 4.69) is 21.2 Å². The molecular weight excluding hydrogens is 309 g/mol. The minimum atomic E-state index is -0.304. The molecule has 104 valence electrons. The van der Waals surface area contributed by atoms with Crippen molar-refractivity contribution in [3.05, 3.63) is 35.1 Å². The van der Waals surface area contributed by atoms with E-state index >= 15 is 0 Å². The van der Waals surface area contributed by atoms with Gasteiger partial charge in [-0.25, -0.2) is 4.39 Å². The summed E-state index contributed by atoms with van der Waals surface area (Å²) in [6.45, 7) is 1.76. The van der Waals surface area contributed by atoms with Crippen molar-refractivity contribution in [3.8, 4) is 0 Å². The van der Waals surface area contributed by atoms with Gasteiger partial charge in [0.2, 0.25) is 0 Å². The third kappa shape index (κ3) is 3.35. The van der Waals surface area contributed by atoms with Crippen LogP contribution in [0.15, 0.2) is 18.2 Å². The number of benzene rings is 1. The van der Waals surface area contributed by atoms with Crippen molar-refractivity contribution >= 4 is 21.8 Å². The van der Waals surface area contributed by atoms with Crippen LogP contribution in [-0.4, -0.2) is 16.8 Å². The fourth-order valence-electron chi connectivity index (χ4n) is 2.71. The summed E-state index contributed by atoms with van der Waals surface area (Å²) in [4.78, 5) is 12.4. The fraction of sp³-hybridized carbons (Fsp3) is 0.533. The van der Waals surface area contributed by atoms with Crippen LogP contribution < -0.4 is 5.32 Å². The van der Waals surface area contributed by atoms with Gasteiger partial charge in [0, 0.05) is 10.9 Å². The molecule has 2 nitrogen and oxygen atoms in total. The SMILES string of the molecule is Cc1cc(F)ccc1C(=O)NC1(CBr)CCCCC1. The van der Waals surface area contributed by atoms with E-state index in [0.717, 1.165) is 31.0 Å². The average molecular weight is 328 g/mol. The predicted octanol–water partition coefficient (Wildman–Crippen LogP) is 3.96. The Morgan fingerprint density at radius 2 is 2.05 bits per heavy atom. The smallest absolute Gasteiger partial charge is 0.252 e. The largest absolute Gasteiger partial charge is 0.346 e. The Hall–Kier alpha value is -0.900. The lowest BCUT2D eigenvalue weighted by molar-refractivity contribution is 0.0886. The molecule has 0 unspecified atom stereocenters. The molecule has 0 aliphatic heterocycles. The van der Waals surface area contributed by atoms with Crippen molar-refractivity contribution in [3.63, 3.8) is 0 Å². The molecule has 0 bridgehead atoms. The van der Waals surface area contributed by atoms with Gasteiger partial charge in [0.25, 0.3) is 5.91 Å². The number of amides is 1. The quantitative estimate of drug-likeness (QED) is 0.836. The Kier molecular flexibility index (Phi) is 4.61. The highest BCUT2D eigenvalue weighted by molar-refractivity contribution is 9.09. The first kappa shape index (κ1) is 14.5. The number of rotatable bonds is 3. The van der Waals surface area contributed by atoms with E-state index in [0.29, 0.717) is 11.1 Å². The number of aryl methyl sites for hydroxylation is 1. The molecule has 0 spiro atoms. The van der Waals surface area contributed by atoms with E-state index in [1.807, 2.05) is 0 Å². The van der Waals surface area contributed by atoms with E-state index < -0.39 is 0 Å². The van der Waals surface area contributed by atoms with E-state index in [9.17, 15) is 9.18 Å². The first-order valence-corrected chi connectivity index (χ1v) is 7.83. The summed E-state index contributed by atoms with van der Waals surface area (Å²) in [7, 11) is 0. The lowest BCUT2D eigenvalue weighted by Gasteiger charge is -2.36. The topological polar surface area (TPSA) is 29.1 Å². The molecular formula is C15H19BrFNO. The summed E-state index contributed by atoms with van der Waals surface area (Å²) in [6, 6.07) is 4.30. The normalized spacial score (nSPS) is 18.1. The summed E-state index contributed by atoms with van der Waals surface area (Å²) in [5, 5.41) is 3.92. The summed E-state index contributed by atoms with van der Waals surface area (Å²) >= 11 is 3.52. The van der Waals surface area contributed by atoms with Crippen LogP contribution in [0.1, 0.15) is 48.0 Å². The number of carbonyl (C=O) groups is 1. The third-order valence-electron chi connectivity index (χ3n) is 3.88. The summed E-state index contributed by atoms with van der Waals surface area (Å²) < 4.78 is 13.1. The molecule has 0 atom stereocenters. The van der Waals surface area contributed by atoms with Crippen LogP contribution in [0.5, 0.6) is 0 Å². The molecule has 19 heavy (non-hydrogen) atoms. The lowest BCUT2D eigenvalue weighted by Crippen LogP contribution is -2.51. The van der Waals surface area contributed by atoms with Crippen LogP contribution in [0.3, 0.4) is 0 Å². The van der Waals surface area contributed by atoms with E-state index in [1.165, 1.54) is 18.6 Å². The monoisotopic (exact) mass is 327 g/mol. The van der Waals surface area contributed by atoms with Gasteiger partial charge in [0.1, 0.15) is 5.82 Å². The second kappa shape index (κ2) is 6.04. The zero-order valence-corrected chi connectivity index (χ0v) is 12.7. The lowest BCUT2D eigenvalue weighted by atomic mass is 9.83. The maximum Gasteiger partial charge on any atom is 0.252 e. The zero-order valence-electron chi connectivity index (χ0n) is 11.1. The molecule has 1 aliphatic carbocycles. The van der Waals surface area contributed by atoms with Crippen molar-refractivity contribution in [1.29, 1.82) is 0 Å². The second-order valence-corrected chi connectivity index (χ2v) is 5.95. The van der Waals surface area contributed by atoms with Gasteiger partial charge in [-0.3, -0.25) is 4.79 Å². The highest BCUT2D eigenvalue weighted by atomic mass is 79.9. The van der Waals surface area contributed by atoms with E-state index in [4.69, 9.17) is 0 Å². The van der Waals surface area contributed by atoms with Crippen molar-refractivity contribution in [2.75, 3.05) is 5.33 Å². The third-order valence-corrected chi connectivity index (χ3v) is 4.95. The number of hydrogen-bond donors (Lipinski definition) is 1. The fourth-order valence-corrected chi connectivity index (χ4v) is 3.41. The Morgan fingerprint density at radius 1 is 1.37 bits per heavy atom. The standard InChI is InChI=1S/C15H19BrFNO/c1-11-9-12(17)5-6-13(11)14(19)18-15(10-16)7-3-2-4-8-15/h5-6,9H,2-4,7-8,10H2,1H3,(H,18,19). The van der Waals surface area contributed by atoms with Gasteiger partial charge in [0.15, 0.2) is 0 Å². The van der Waals surface area contributed by atoms with Gasteiger partial charge in [-0.1, -0.05) is 35.2 Å². The molecule has 0 saturated heterocycles. The van der Waals surface area contributed by atoms with Crippen molar-refractivity contribution in [2.45, 2.75) is 44.6 Å². The molecule has 1 aromatic rings. The van der Waals surface area contributed by atoms with Gasteiger partial charge in [-0.2, -0.15) is 0 Å². The number of hydrogen-bond acceptors (Lipinski definition) is 1. The number of alkyl halides is 1. The Balaban J connectivity index is 2.15. The van der Waals surface area contributed by atoms with Crippen LogP contribution in [0.4, 0.5) is 4.39 Å². The number of carbonyl (C=O) groups excluding carboxylic acids is 1. The molecule has 1 fully saturated rings. The van der Waals surface area contributed by atoms with Gasteiger partial charge in [-0.05, 0) is 43.5 Å². The van der Waals surface area contributed by atoms with Crippen molar-refractivity contribution < 1.29 is 9.18 Å². The van der Waals surface area contributed by atoms with Gasteiger partial charge < -0.3 is 5.32 Å². The summed E-state index contributed by atoms with van der Waals surface area (Å²) in [5.41, 5.74) is 1.10. The predicted molar refractivity (Wildman–Crippen MR) is 78.2 cm³/mol. The molecule has 1 amide bonds. The molecule has 2 rings (SSSR count). The Bertz CT molecular complexity index is 469. The Labute approximate surface area is 121 Å². The number of halogens is 2. The average Bonchev–Trinajstić information content (AvgIpc) is 2.39. The molecule has 1 N–H and O–H groups in total. The molecule has 0 radical (unpaired) electrons. The van der Waals surface area contributed by atoms with E-state index in [-0.39, 0.29) is 17.3 Å². The van der Waals surface area contributed by atoms with Crippen molar-refractivity contribution in [2.24, 2.45) is 0 Å². The highest BCUT2D eigenvalue weighted by Crippen LogP contribution is 2.30. The molecule has 1 aromatic carbocycles. The van der Waals surface area contributed by atoms with Crippen LogP contribution in [0.25, 0.3) is 0 Å². The zero-order chi connectivity index (χ0) is 13.9. The van der Waals surface area contributed by atoms with Gasteiger partial charge >= 0.3 is 0 Å². The Morgan fingerprint density at radius 3 is 2.63 bits per heavy atom. The second-order valence-electron chi connectivity index (χ2n) is 5.39. The maximum absolute atomic E-state index is 13.1. The van der Waals surface area contributed by atoms with Crippen LogP contribution >= 0.6 is 15.9 Å². The first-order chi connectivity index (χ1) is 9.06. The van der Waals surface area contributed by atoms with Crippen LogP contribution in [0, 0.1) is 12.7 Å².